The van der Waals surface area contributed by atoms with Gasteiger partial charge in [0.25, 0.3) is 0 Å². The van der Waals surface area contributed by atoms with Crippen LogP contribution in [0.4, 0.5) is 4.39 Å². The number of hydrogen-bond donors (Lipinski definition) is 0. The van der Waals surface area contributed by atoms with Gasteiger partial charge in [-0.1, -0.05) is 12.1 Å². The minimum Gasteiger partial charge on any atom is -0.456 e. The first-order valence-electron chi connectivity index (χ1n) is 5.14. The third-order valence-electron chi connectivity index (χ3n) is 2.36. The van der Waals surface area contributed by atoms with E-state index in [1.807, 2.05) is 6.07 Å². The summed E-state index contributed by atoms with van der Waals surface area (Å²) in [5.74, 6) is 0.724. The van der Waals surface area contributed by atoms with Gasteiger partial charge in [-0.15, -0.1) is 0 Å². The maximum Gasteiger partial charge on any atom is 0.145 e. The van der Waals surface area contributed by atoms with Gasteiger partial charge in [0.15, 0.2) is 0 Å². The van der Waals surface area contributed by atoms with Crippen LogP contribution >= 0.6 is 0 Å². The summed E-state index contributed by atoms with van der Waals surface area (Å²) in [7, 11) is 0. The molecule has 0 spiro atoms. The van der Waals surface area contributed by atoms with Gasteiger partial charge in [-0.3, -0.25) is 0 Å². The lowest BCUT2D eigenvalue weighted by molar-refractivity contribution is 0.475. The molecule has 0 N–H and O–H groups in total. The Bertz CT molecular complexity index is 587. The molecule has 0 radical (unpaired) electrons. The maximum atomic E-state index is 12.9. The van der Waals surface area contributed by atoms with Crippen molar-refractivity contribution in [3.05, 3.63) is 59.4 Å². The lowest BCUT2D eigenvalue weighted by atomic mass is 10.2. The Kier molecular flexibility index (Phi) is 3.06. The van der Waals surface area contributed by atoms with Crippen LogP contribution in [0.5, 0.6) is 11.5 Å². The number of halogens is 1. The number of benzene rings is 2. The standard InChI is InChI=1S/C14H10FNO/c1-10-8-12(15)6-7-13(10)17-14-5-3-2-4-11(14)9-16/h2-8H,1H3. The van der Waals surface area contributed by atoms with Crippen molar-refractivity contribution in [2.45, 2.75) is 6.92 Å². The number of aryl methyl sites for hydroxylation is 1. The van der Waals surface area contributed by atoms with Crippen LogP contribution in [0.3, 0.4) is 0 Å². The molecule has 0 aliphatic heterocycles. The Morgan fingerprint density at radius 3 is 2.59 bits per heavy atom. The highest BCUT2D eigenvalue weighted by Crippen LogP contribution is 2.27. The topological polar surface area (TPSA) is 33.0 Å². The van der Waals surface area contributed by atoms with E-state index in [2.05, 4.69) is 0 Å². The van der Waals surface area contributed by atoms with Crippen LogP contribution in [0.25, 0.3) is 0 Å². The summed E-state index contributed by atoms with van der Waals surface area (Å²) in [6.07, 6.45) is 0. The lowest BCUT2D eigenvalue weighted by Crippen LogP contribution is -1.91. The van der Waals surface area contributed by atoms with Crippen molar-refractivity contribution >= 4 is 0 Å². The fourth-order valence-corrected chi connectivity index (χ4v) is 1.49. The number of rotatable bonds is 2. The minimum absolute atomic E-state index is 0.302. The number of ether oxygens (including phenoxy) is 1. The molecule has 2 aromatic rings. The Hall–Kier alpha value is -2.34. The van der Waals surface area contributed by atoms with Crippen LogP contribution < -0.4 is 4.74 Å². The molecular weight excluding hydrogens is 217 g/mol. The largest absolute Gasteiger partial charge is 0.456 e. The highest BCUT2D eigenvalue weighted by molar-refractivity contribution is 5.46. The van der Waals surface area contributed by atoms with Gasteiger partial charge in [0, 0.05) is 0 Å². The van der Waals surface area contributed by atoms with E-state index in [0.29, 0.717) is 22.6 Å². The molecule has 2 aromatic carbocycles. The molecule has 0 fully saturated rings. The molecule has 3 heteroatoms. The first kappa shape index (κ1) is 11.2. The van der Waals surface area contributed by atoms with E-state index in [0.717, 1.165) is 0 Å². The summed E-state index contributed by atoms with van der Waals surface area (Å²) in [5, 5.41) is 8.92. The van der Waals surface area contributed by atoms with Gasteiger partial charge in [0.05, 0.1) is 5.56 Å². The van der Waals surface area contributed by atoms with E-state index in [9.17, 15) is 4.39 Å². The number of hydrogen-bond acceptors (Lipinski definition) is 2. The molecule has 0 aliphatic rings. The SMILES string of the molecule is Cc1cc(F)ccc1Oc1ccccc1C#N. The van der Waals surface area contributed by atoms with Gasteiger partial charge in [-0.25, -0.2) is 4.39 Å². The third kappa shape index (κ3) is 2.43. The van der Waals surface area contributed by atoms with Crippen molar-refractivity contribution in [2.75, 3.05) is 0 Å². The predicted molar refractivity (Wildman–Crippen MR) is 62.4 cm³/mol. The second-order valence-corrected chi connectivity index (χ2v) is 3.62. The van der Waals surface area contributed by atoms with Crippen molar-refractivity contribution in [3.63, 3.8) is 0 Å². The van der Waals surface area contributed by atoms with E-state index in [1.54, 1.807) is 37.3 Å². The molecule has 0 atom stereocenters. The summed E-state index contributed by atoms with van der Waals surface area (Å²) < 4.78 is 18.5. The molecule has 84 valence electrons. The summed E-state index contributed by atoms with van der Waals surface area (Å²) in [6, 6.07) is 13.3. The molecule has 0 heterocycles. The van der Waals surface area contributed by atoms with Crippen LogP contribution in [0.2, 0.25) is 0 Å². The Balaban J connectivity index is 2.35. The van der Waals surface area contributed by atoms with Crippen LogP contribution in [-0.2, 0) is 0 Å². The van der Waals surface area contributed by atoms with E-state index < -0.39 is 0 Å². The van der Waals surface area contributed by atoms with E-state index in [1.165, 1.54) is 12.1 Å². The molecule has 0 saturated heterocycles. The zero-order valence-corrected chi connectivity index (χ0v) is 9.27. The van der Waals surface area contributed by atoms with Crippen molar-refractivity contribution < 1.29 is 9.13 Å². The van der Waals surface area contributed by atoms with E-state index in [-0.39, 0.29) is 5.82 Å². The molecule has 0 aliphatic carbocycles. The molecule has 0 amide bonds. The summed E-state index contributed by atoms with van der Waals surface area (Å²) in [4.78, 5) is 0. The number of nitriles is 1. The van der Waals surface area contributed by atoms with Crippen molar-refractivity contribution in [2.24, 2.45) is 0 Å². The molecular formula is C14H10FNO. The number of para-hydroxylation sites is 1. The van der Waals surface area contributed by atoms with Gasteiger partial charge >= 0.3 is 0 Å². The fraction of sp³-hybridized carbons (Fsp3) is 0.0714. The zero-order valence-electron chi connectivity index (χ0n) is 9.27. The van der Waals surface area contributed by atoms with E-state index in [4.69, 9.17) is 10.00 Å². The second kappa shape index (κ2) is 4.67. The van der Waals surface area contributed by atoms with E-state index >= 15 is 0 Å². The average Bonchev–Trinajstić information content (AvgIpc) is 2.33. The minimum atomic E-state index is -0.302. The highest BCUT2D eigenvalue weighted by atomic mass is 19.1. The van der Waals surface area contributed by atoms with Crippen LogP contribution in [0.1, 0.15) is 11.1 Å². The first-order chi connectivity index (χ1) is 8.20. The van der Waals surface area contributed by atoms with Gasteiger partial charge in [-0.05, 0) is 42.8 Å². The second-order valence-electron chi connectivity index (χ2n) is 3.62. The van der Waals surface area contributed by atoms with Crippen molar-refractivity contribution in [1.82, 2.24) is 0 Å². The molecule has 17 heavy (non-hydrogen) atoms. The predicted octanol–water partition coefficient (Wildman–Crippen LogP) is 3.80. The van der Waals surface area contributed by atoms with Crippen molar-refractivity contribution in [3.8, 4) is 17.6 Å². The molecule has 0 aromatic heterocycles. The fourth-order valence-electron chi connectivity index (χ4n) is 1.49. The Labute approximate surface area is 98.9 Å². The monoisotopic (exact) mass is 227 g/mol. The highest BCUT2D eigenvalue weighted by Gasteiger charge is 2.06. The Morgan fingerprint density at radius 2 is 1.88 bits per heavy atom. The Morgan fingerprint density at radius 1 is 1.12 bits per heavy atom. The smallest absolute Gasteiger partial charge is 0.145 e. The normalized spacial score (nSPS) is 9.71. The van der Waals surface area contributed by atoms with Crippen molar-refractivity contribution in [1.29, 1.82) is 5.26 Å². The first-order valence-corrected chi connectivity index (χ1v) is 5.14. The molecule has 0 saturated carbocycles. The van der Waals surface area contributed by atoms with Gasteiger partial charge in [-0.2, -0.15) is 5.26 Å². The zero-order chi connectivity index (χ0) is 12.3. The molecule has 0 unspecified atom stereocenters. The van der Waals surface area contributed by atoms with Crippen LogP contribution in [0, 0.1) is 24.1 Å². The number of nitrogens with zero attached hydrogens (tertiary/aromatic N) is 1. The molecule has 2 rings (SSSR count). The van der Waals surface area contributed by atoms with Gasteiger partial charge in [0.2, 0.25) is 0 Å². The molecule has 2 nitrogen and oxygen atoms in total. The summed E-state index contributed by atoms with van der Waals surface area (Å²) in [5.41, 5.74) is 1.15. The van der Waals surface area contributed by atoms with Gasteiger partial charge in [0.1, 0.15) is 23.4 Å². The lowest BCUT2D eigenvalue weighted by Gasteiger charge is -2.09. The molecule has 0 bridgehead atoms. The summed E-state index contributed by atoms with van der Waals surface area (Å²) in [6.45, 7) is 1.76. The average molecular weight is 227 g/mol. The van der Waals surface area contributed by atoms with Crippen LogP contribution in [0.15, 0.2) is 42.5 Å². The maximum absolute atomic E-state index is 12.9. The quantitative estimate of drug-likeness (QED) is 0.781. The van der Waals surface area contributed by atoms with Gasteiger partial charge < -0.3 is 4.74 Å². The third-order valence-corrected chi connectivity index (χ3v) is 2.36. The summed E-state index contributed by atoms with van der Waals surface area (Å²) >= 11 is 0. The van der Waals surface area contributed by atoms with Crippen LogP contribution in [-0.4, -0.2) is 0 Å².